The van der Waals surface area contributed by atoms with E-state index in [2.05, 4.69) is 10.6 Å². The zero-order chi connectivity index (χ0) is 19.7. The van der Waals surface area contributed by atoms with Crippen molar-refractivity contribution in [3.63, 3.8) is 0 Å². The topological polar surface area (TPSA) is 119 Å². The summed E-state index contributed by atoms with van der Waals surface area (Å²) in [5.74, 6) is -2.21. The van der Waals surface area contributed by atoms with E-state index >= 15 is 0 Å². The van der Waals surface area contributed by atoms with Crippen LogP contribution in [0.2, 0.25) is 0 Å². The molecule has 0 unspecified atom stereocenters. The predicted molar refractivity (Wildman–Crippen MR) is 95.1 cm³/mol. The SMILES string of the molecule is CCNC(=O)[C@H](C)NC(=O)COC(=O)CCS(=O)(=O)c1ccc(C)cc1. The molecule has 0 heterocycles. The second-order valence-corrected chi connectivity index (χ2v) is 7.84. The molecular formula is C17H24N2O6S. The lowest BCUT2D eigenvalue weighted by Crippen LogP contribution is -2.46. The highest BCUT2D eigenvalue weighted by Gasteiger charge is 2.19. The first-order valence-corrected chi connectivity index (χ1v) is 9.83. The summed E-state index contributed by atoms with van der Waals surface area (Å²) in [6, 6.07) is 5.54. The number of ether oxygens (including phenoxy) is 1. The van der Waals surface area contributed by atoms with E-state index in [4.69, 9.17) is 4.74 Å². The molecule has 0 bridgehead atoms. The number of esters is 1. The molecule has 2 amide bonds. The Hall–Kier alpha value is -2.42. The van der Waals surface area contributed by atoms with Crippen molar-refractivity contribution in [2.75, 3.05) is 18.9 Å². The van der Waals surface area contributed by atoms with Gasteiger partial charge in [0.05, 0.1) is 17.1 Å². The first-order valence-electron chi connectivity index (χ1n) is 8.18. The van der Waals surface area contributed by atoms with Gasteiger partial charge in [0.1, 0.15) is 6.04 Å². The molecule has 0 saturated carbocycles. The van der Waals surface area contributed by atoms with Gasteiger partial charge in [-0.25, -0.2) is 8.42 Å². The molecule has 0 aliphatic rings. The first-order chi connectivity index (χ1) is 12.2. The first kappa shape index (κ1) is 21.6. The highest BCUT2D eigenvalue weighted by molar-refractivity contribution is 7.91. The van der Waals surface area contributed by atoms with Gasteiger partial charge in [0.25, 0.3) is 5.91 Å². The predicted octanol–water partition coefficient (Wildman–Crippen LogP) is 0.343. The zero-order valence-electron chi connectivity index (χ0n) is 15.1. The fraction of sp³-hybridized carbons (Fsp3) is 0.471. The molecule has 1 atom stereocenters. The van der Waals surface area contributed by atoms with Crippen LogP contribution in [-0.4, -0.2) is 51.1 Å². The second kappa shape index (κ2) is 9.91. The number of likely N-dealkylation sites (N-methyl/N-ethyl adjacent to an activating group) is 1. The Morgan fingerprint density at radius 1 is 1.15 bits per heavy atom. The molecule has 144 valence electrons. The second-order valence-electron chi connectivity index (χ2n) is 5.73. The van der Waals surface area contributed by atoms with Gasteiger partial charge < -0.3 is 15.4 Å². The van der Waals surface area contributed by atoms with E-state index in [-0.39, 0.29) is 17.2 Å². The van der Waals surface area contributed by atoms with E-state index in [9.17, 15) is 22.8 Å². The number of amides is 2. The van der Waals surface area contributed by atoms with E-state index in [1.54, 1.807) is 19.1 Å². The van der Waals surface area contributed by atoms with Crippen molar-refractivity contribution >= 4 is 27.6 Å². The van der Waals surface area contributed by atoms with Crippen molar-refractivity contribution in [2.45, 2.75) is 38.1 Å². The van der Waals surface area contributed by atoms with Gasteiger partial charge in [-0.1, -0.05) is 17.7 Å². The Morgan fingerprint density at radius 2 is 1.77 bits per heavy atom. The van der Waals surface area contributed by atoms with Crippen molar-refractivity contribution < 1.29 is 27.5 Å². The van der Waals surface area contributed by atoms with Crippen LogP contribution in [0.3, 0.4) is 0 Å². The van der Waals surface area contributed by atoms with Gasteiger partial charge in [-0.2, -0.15) is 0 Å². The minimum atomic E-state index is -3.60. The van der Waals surface area contributed by atoms with Crippen LogP contribution in [0.15, 0.2) is 29.2 Å². The minimum absolute atomic E-state index is 0.129. The molecule has 1 aromatic carbocycles. The molecule has 0 saturated heterocycles. The molecule has 8 nitrogen and oxygen atoms in total. The molecule has 0 fully saturated rings. The summed E-state index contributed by atoms with van der Waals surface area (Å²) in [5, 5.41) is 4.92. The number of sulfone groups is 1. The standard InChI is InChI=1S/C17H24N2O6S/c1-4-18-17(22)13(3)19-15(20)11-25-16(21)9-10-26(23,24)14-7-5-12(2)6-8-14/h5-8,13H,4,9-11H2,1-3H3,(H,18,22)(H,19,20)/t13-/m0/s1. The van der Waals surface area contributed by atoms with Gasteiger partial charge in [0.15, 0.2) is 16.4 Å². The highest BCUT2D eigenvalue weighted by Crippen LogP contribution is 2.13. The van der Waals surface area contributed by atoms with Crippen LogP contribution in [0.4, 0.5) is 0 Å². The summed E-state index contributed by atoms with van der Waals surface area (Å²) in [4.78, 5) is 34.9. The smallest absolute Gasteiger partial charge is 0.307 e. The summed E-state index contributed by atoms with van der Waals surface area (Å²) in [6.07, 6.45) is -0.366. The molecule has 1 aromatic rings. The molecule has 26 heavy (non-hydrogen) atoms. The Bertz CT molecular complexity index is 743. The van der Waals surface area contributed by atoms with Gasteiger partial charge in [0.2, 0.25) is 5.91 Å². The fourth-order valence-electron chi connectivity index (χ4n) is 1.98. The maximum atomic E-state index is 12.1. The Labute approximate surface area is 153 Å². The van der Waals surface area contributed by atoms with Crippen molar-refractivity contribution in [2.24, 2.45) is 0 Å². The van der Waals surface area contributed by atoms with Crippen LogP contribution >= 0.6 is 0 Å². The van der Waals surface area contributed by atoms with Crippen LogP contribution in [0, 0.1) is 6.92 Å². The Kier molecular flexibility index (Phi) is 8.24. The number of rotatable bonds is 9. The molecule has 0 radical (unpaired) electrons. The zero-order valence-corrected chi connectivity index (χ0v) is 15.9. The molecule has 0 aromatic heterocycles. The van der Waals surface area contributed by atoms with Gasteiger partial charge in [0, 0.05) is 6.54 Å². The summed E-state index contributed by atoms with van der Waals surface area (Å²) < 4.78 is 29.0. The largest absolute Gasteiger partial charge is 0.456 e. The van der Waals surface area contributed by atoms with E-state index in [0.717, 1.165) is 5.56 Å². The number of nitrogens with one attached hydrogen (secondary N) is 2. The molecule has 0 aliphatic carbocycles. The summed E-state index contributed by atoms with van der Waals surface area (Å²) in [5.41, 5.74) is 0.927. The Balaban J connectivity index is 2.41. The third-order valence-corrected chi connectivity index (χ3v) is 5.17. The van der Waals surface area contributed by atoms with E-state index in [1.807, 2.05) is 6.92 Å². The molecule has 9 heteroatoms. The van der Waals surface area contributed by atoms with Crippen LogP contribution in [0.5, 0.6) is 0 Å². The third kappa shape index (κ3) is 7.22. The Morgan fingerprint density at radius 3 is 2.35 bits per heavy atom. The van der Waals surface area contributed by atoms with Crippen molar-refractivity contribution in [1.29, 1.82) is 0 Å². The number of benzene rings is 1. The lowest BCUT2D eigenvalue weighted by Gasteiger charge is -2.13. The number of carbonyl (C=O) groups is 3. The number of aryl methyl sites for hydroxylation is 1. The summed E-state index contributed by atoms with van der Waals surface area (Å²) >= 11 is 0. The highest BCUT2D eigenvalue weighted by atomic mass is 32.2. The molecule has 1 rings (SSSR count). The van der Waals surface area contributed by atoms with Gasteiger partial charge in [-0.05, 0) is 32.9 Å². The van der Waals surface area contributed by atoms with Crippen LogP contribution < -0.4 is 10.6 Å². The van der Waals surface area contributed by atoms with E-state index in [0.29, 0.717) is 6.54 Å². The molecular weight excluding hydrogens is 360 g/mol. The average molecular weight is 384 g/mol. The summed E-state index contributed by atoms with van der Waals surface area (Å²) in [6.45, 7) is 4.94. The van der Waals surface area contributed by atoms with E-state index < -0.39 is 40.1 Å². The van der Waals surface area contributed by atoms with Crippen molar-refractivity contribution in [3.05, 3.63) is 29.8 Å². The van der Waals surface area contributed by atoms with Crippen LogP contribution in [0.25, 0.3) is 0 Å². The number of hydrogen-bond acceptors (Lipinski definition) is 6. The monoisotopic (exact) mass is 384 g/mol. The molecule has 0 spiro atoms. The van der Waals surface area contributed by atoms with Crippen molar-refractivity contribution in [1.82, 2.24) is 10.6 Å². The summed E-state index contributed by atoms with van der Waals surface area (Å²) in [7, 11) is -3.60. The van der Waals surface area contributed by atoms with Crippen molar-refractivity contribution in [3.8, 4) is 0 Å². The third-order valence-electron chi connectivity index (χ3n) is 3.44. The quantitative estimate of drug-likeness (QED) is 0.593. The van der Waals surface area contributed by atoms with Crippen LogP contribution in [-0.2, 0) is 29.0 Å². The lowest BCUT2D eigenvalue weighted by atomic mass is 10.2. The van der Waals surface area contributed by atoms with E-state index in [1.165, 1.54) is 19.1 Å². The maximum Gasteiger partial charge on any atom is 0.307 e. The maximum absolute atomic E-state index is 12.1. The average Bonchev–Trinajstić information content (AvgIpc) is 2.58. The minimum Gasteiger partial charge on any atom is -0.456 e. The van der Waals surface area contributed by atoms with Gasteiger partial charge in [-0.3, -0.25) is 14.4 Å². The fourth-order valence-corrected chi connectivity index (χ4v) is 3.20. The van der Waals surface area contributed by atoms with Gasteiger partial charge >= 0.3 is 5.97 Å². The molecule has 0 aliphatic heterocycles. The number of carbonyl (C=O) groups excluding carboxylic acids is 3. The van der Waals surface area contributed by atoms with Crippen LogP contribution in [0.1, 0.15) is 25.8 Å². The normalized spacial score (nSPS) is 12.1. The molecule has 2 N–H and O–H groups in total. The van der Waals surface area contributed by atoms with Gasteiger partial charge in [-0.15, -0.1) is 0 Å². The lowest BCUT2D eigenvalue weighted by molar-refractivity contribution is -0.148. The number of hydrogen-bond donors (Lipinski definition) is 2.